The average Bonchev–Trinajstić information content (AvgIpc) is 2.19. The summed E-state index contributed by atoms with van der Waals surface area (Å²) in [6, 6.07) is 11.2. The molecule has 1 rings (SSSR count). The molecule has 0 aliphatic rings. The third-order valence-electron chi connectivity index (χ3n) is 2.73. The van der Waals surface area contributed by atoms with Gasteiger partial charge in [0.25, 0.3) is 0 Å². The van der Waals surface area contributed by atoms with Crippen molar-refractivity contribution < 1.29 is 0 Å². The summed E-state index contributed by atoms with van der Waals surface area (Å²) < 4.78 is 0. The molecule has 1 nitrogen and oxygen atoms in total. The Morgan fingerprint density at radius 3 is 2.20 bits per heavy atom. The van der Waals surface area contributed by atoms with Crippen molar-refractivity contribution >= 4 is 0 Å². The molecule has 1 aromatic rings. The molecule has 0 aromatic heterocycles. The first kappa shape index (κ1) is 12.3. The van der Waals surface area contributed by atoms with Gasteiger partial charge in [-0.3, -0.25) is 0 Å². The maximum Gasteiger partial charge on any atom is 0.0317 e. The van der Waals surface area contributed by atoms with Crippen LogP contribution >= 0.6 is 0 Å². The van der Waals surface area contributed by atoms with Crippen LogP contribution < -0.4 is 5.32 Å². The maximum absolute atomic E-state index is 3.39. The summed E-state index contributed by atoms with van der Waals surface area (Å²) in [7, 11) is 2.04. The monoisotopic (exact) mass is 205 g/mol. The lowest BCUT2D eigenvalue weighted by Gasteiger charge is -2.23. The van der Waals surface area contributed by atoms with Crippen molar-refractivity contribution in [3.8, 4) is 0 Å². The molecule has 0 saturated carbocycles. The summed E-state index contributed by atoms with van der Waals surface area (Å²) >= 11 is 0. The van der Waals surface area contributed by atoms with Crippen LogP contribution in [-0.4, -0.2) is 7.05 Å². The van der Waals surface area contributed by atoms with E-state index >= 15 is 0 Å². The van der Waals surface area contributed by atoms with Crippen LogP contribution in [0, 0.1) is 5.41 Å². The van der Waals surface area contributed by atoms with Crippen LogP contribution in [0.2, 0.25) is 0 Å². The van der Waals surface area contributed by atoms with Crippen molar-refractivity contribution in [2.45, 2.75) is 39.7 Å². The highest BCUT2D eigenvalue weighted by molar-refractivity contribution is 5.18. The van der Waals surface area contributed by atoms with Crippen molar-refractivity contribution in [2.75, 3.05) is 7.05 Å². The molecule has 1 aromatic carbocycles. The number of benzene rings is 1. The highest BCUT2D eigenvalue weighted by Gasteiger charge is 2.14. The number of hydrogen-bond acceptors (Lipinski definition) is 1. The largest absolute Gasteiger partial charge is 0.313 e. The Labute approximate surface area is 93.9 Å². The van der Waals surface area contributed by atoms with Crippen LogP contribution in [0.3, 0.4) is 0 Å². The van der Waals surface area contributed by atoms with Gasteiger partial charge in [-0.05, 0) is 30.9 Å². The van der Waals surface area contributed by atoms with Gasteiger partial charge in [-0.1, -0.05) is 51.1 Å². The Kier molecular flexibility index (Phi) is 4.34. The van der Waals surface area contributed by atoms with Gasteiger partial charge in [0.05, 0.1) is 0 Å². The van der Waals surface area contributed by atoms with Crippen molar-refractivity contribution in [1.29, 1.82) is 0 Å². The Balaban J connectivity index is 2.58. The second kappa shape index (κ2) is 5.32. The molecule has 15 heavy (non-hydrogen) atoms. The van der Waals surface area contributed by atoms with Gasteiger partial charge in [0.1, 0.15) is 0 Å². The summed E-state index contributed by atoms with van der Waals surface area (Å²) in [5, 5.41) is 3.39. The van der Waals surface area contributed by atoms with Crippen LogP contribution in [0.25, 0.3) is 0 Å². The molecule has 0 amide bonds. The zero-order valence-corrected chi connectivity index (χ0v) is 10.4. The van der Waals surface area contributed by atoms with Gasteiger partial charge in [-0.25, -0.2) is 0 Å². The highest BCUT2D eigenvalue weighted by Crippen LogP contribution is 2.26. The second-order valence-electron chi connectivity index (χ2n) is 5.35. The van der Waals surface area contributed by atoms with Crippen LogP contribution in [0.4, 0.5) is 0 Å². The lowest BCUT2D eigenvalue weighted by atomic mass is 9.87. The summed E-state index contributed by atoms with van der Waals surface area (Å²) in [6.07, 6.45) is 2.44. The predicted octanol–water partition coefficient (Wildman–Crippen LogP) is 3.77. The first-order valence-corrected chi connectivity index (χ1v) is 5.75. The third-order valence-corrected chi connectivity index (χ3v) is 2.73. The minimum atomic E-state index is 0.421. The van der Waals surface area contributed by atoms with E-state index in [1.165, 1.54) is 18.4 Å². The van der Waals surface area contributed by atoms with Crippen molar-refractivity contribution in [3.05, 3.63) is 35.9 Å². The standard InChI is InChI=1S/C14H23N/c1-14(2,3)11-10-13(15-4)12-8-6-5-7-9-12/h5-9,13,15H,10-11H2,1-4H3. The van der Waals surface area contributed by atoms with E-state index in [9.17, 15) is 0 Å². The molecule has 1 N–H and O–H groups in total. The van der Waals surface area contributed by atoms with Crippen LogP contribution in [0.1, 0.15) is 45.2 Å². The molecule has 84 valence electrons. The lowest BCUT2D eigenvalue weighted by Crippen LogP contribution is -2.18. The lowest BCUT2D eigenvalue weighted by molar-refractivity contribution is 0.338. The fourth-order valence-electron chi connectivity index (χ4n) is 1.74. The topological polar surface area (TPSA) is 12.0 Å². The van der Waals surface area contributed by atoms with E-state index in [0.29, 0.717) is 11.5 Å². The number of nitrogens with one attached hydrogen (secondary N) is 1. The molecule has 0 aliphatic carbocycles. The molecule has 1 heteroatoms. The van der Waals surface area contributed by atoms with E-state index in [2.05, 4.69) is 56.4 Å². The Morgan fingerprint density at radius 2 is 1.73 bits per heavy atom. The van der Waals surface area contributed by atoms with Gasteiger partial charge >= 0.3 is 0 Å². The van der Waals surface area contributed by atoms with E-state index in [-0.39, 0.29) is 0 Å². The first-order chi connectivity index (χ1) is 7.03. The number of rotatable bonds is 4. The quantitative estimate of drug-likeness (QED) is 0.789. The summed E-state index contributed by atoms with van der Waals surface area (Å²) in [6.45, 7) is 6.89. The van der Waals surface area contributed by atoms with Crippen LogP contribution in [-0.2, 0) is 0 Å². The molecule has 0 fully saturated rings. The van der Waals surface area contributed by atoms with E-state index in [1.807, 2.05) is 7.05 Å². The molecule has 0 spiro atoms. The van der Waals surface area contributed by atoms with Gasteiger partial charge in [-0.2, -0.15) is 0 Å². The summed E-state index contributed by atoms with van der Waals surface area (Å²) in [4.78, 5) is 0. The van der Waals surface area contributed by atoms with Gasteiger partial charge in [0.15, 0.2) is 0 Å². The molecule has 1 atom stereocenters. The predicted molar refractivity (Wildman–Crippen MR) is 66.9 cm³/mol. The maximum atomic E-state index is 3.39. The number of hydrogen-bond donors (Lipinski definition) is 1. The van der Waals surface area contributed by atoms with Crippen molar-refractivity contribution in [3.63, 3.8) is 0 Å². The second-order valence-corrected chi connectivity index (χ2v) is 5.35. The smallest absolute Gasteiger partial charge is 0.0317 e. The minimum absolute atomic E-state index is 0.421. The van der Waals surface area contributed by atoms with E-state index in [1.54, 1.807) is 0 Å². The summed E-state index contributed by atoms with van der Waals surface area (Å²) in [5.74, 6) is 0. The highest BCUT2D eigenvalue weighted by atomic mass is 14.9. The SMILES string of the molecule is CNC(CCC(C)(C)C)c1ccccc1. The van der Waals surface area contributed by atoms with Crippen molar-refractivity contribution in [1.82, 2.24) is 5.32 Å². The fraction of sp³-hybridized carbons (Fsp3) is 0.571. The Bertz CT molecular complexity index is 271. The molecular formula is C14H23N. The van der Waals surface area contributed by atoms with Crippen LogP contribution in [0.15, 0.2) is 30.3 Å². The van der Waals surface area contributed by atoms with E-state index < -0.39 is 0 Å². The third kappa shape index (κ3) is 4.48. The zero-order chi connectivity index (χ0) is 11.3. The Hall–Kier alpha value is -0.820. The molecule has 0 bridgehead atoms. The molecule has 0 heterocycles. The Morgan fingerprint density at radius 1 is 1.13 bits per heavy atom. The van der Waals surface area contributed by atoms with Crippen molar-refractivity contribution in [2.24, 2.45) is 5.41 Å². The van der Waals surface area contributed by atoms with Gasteiger partial charge in [-0.15, -0.1) is 0 Å². The van der Waals surface area contributed by atoms with E-state index in [0.717, 1.165) is 0 Å². The van der Waals surface area contributed by atoms with Gasteiger partial charge < -0.3 is 5.32 Å². The first-order valence-electron chi connectivity index (χ1n) is 5.75. The van der Waals surface area contributed by atoms with E-state index in [4.69, 9.17) is 0 Å². The van der Waals surface area contributed by atoms with Gasteiger partial charge in [0.2, 0.25) is 0 Å². The fourth-order valence-corrected chi connectivity index (χ4v) is 1.74. The molecule has 0 saturated heterocycles. The minimum Gasteiger partial charge on any atom is -0.313 e. The van der Waals surface area contributed by atoms with Crippen LogP contribution in [0.5, 0.6) is 0 Å². The molecule has 1 unspecified atom stereocenters. The zero-order valence-electron chi connectivity index (χ0n) is 10.4. The molecular weight excluding hydrogens is 182 g/mol. The molecule has 0 aliphatic heterocycles. The summed E-state index contributed by atoms with van der Waals surface area (Å²) in [5.41, 5.74) is 1.81. The van der Waals surface area contributed by atoms with Gasteiger partial charge in [0, 0.05) is 6.04 Å². The normalized spacial score (nSPS) is 13.9. The molecule has 0 radical (unpaired) electrons. The average molecular weight is 205 g/mol.